The smallest absolute Gasteiger partial charge is 0.313 e. The number of nitrogens with one attached hydrogen (secondary N) is 1. The maximum atomic E-state index is 14.6. The molecule has 41 heavy (non-hydrogen) atoms. The van der Waals surface area contributed by atoms with Gasteiger partial charge in [0.15, 0.2) is 0 Å². The number of methoxy groups -OCH3 is 1. The Bertz CT molecular complexity index is 1280. The normalized spacial score (nSPS) is 33.7. The number of fused-ring (bicyclic) bond motifs is 2. The van der Waals surface area contributed by atoms with Gasteiger partial charge >= 0.3 is 5.97 Å². The monoisotopic (exact) mass is 631 g/mol. The van der Waals surface area contributed by atoms with E-state index >= 15 is 0 Å². The Labute approximate surface area is 246 Å². The molecular weight excluding hydrogens is 598 g/mol. The van der Waals surface area contributed by atoms with Gasteiger partial charge < -0.3 is 34.4 Å². The molecule has 1 aromatic carbocycles. The van der Waals surface area contributed by atoms with Gasteiger partial charge in [-0.05, 0) is 50.6 Å². The Morgan fingerprint density at radius 3 is 2.59 bits per heavy atom. The molecule has 0 radical (unpaired) electrons. The van der Waals surface area contributed by atoms with Crippen molar-refractivity contribution in [1.29, 1.82) is 0 Å². The van der Waals surface area contributed by atoms with Crippen LogP contribution in [0.3, 0.4) is 0 Å². The van der Waals surface area contributed by atoms with E-state index in [0.717, 1.165) is 0 Å². The molecule has 5 bridgehead atoms. The van der Waals surface area contributed by atoms with Crippen molar-refractivity contribution in [3.63, 3.8) is 0 Å². The summed E-state index contributed by atoms with van der Waals surface area (Å²) in [5.74, 6) is -3.18. The van der Waals surface area contributed by atoms with E-state index in [1.54, 1.807) is 57.4 Å². The molecule has 11 nitrogen and oxygen atoms in total. The Kier molecular flexibility index (Phi) is 8.27. The lowest BCUT2D eigenvalue weighted by molar-refractivity contribution is -0.159. The molecule has 3 amide bonds. The van der Waals surface area contributed by atoms with E-state index in [2.05, 4.69) is 21.2 Å². The number of carbonyl (C=O) groups excluding carboxylic acids is 4. The number of hydrogen-bond donors (Lipinski definition) is 2. The fourth-order valence-corrected chi connectivity index (χ4v) is 6.91. The number of benzene rings is 1. The second-order valence-electron chi connectivity index (χ2n) is 10.8. The summed E-state index contributed by atoms with van der Waals surface area (Å²) in [4.78, 5) is 57.5. The zero-order chi connectivity index (χ0) is 29.5. The lowest BCUT2D eigenvalue weighted by atomic mass is 9.74. The lowest BCUT2D eigenvalue weighted by Gasteiger charge is -2.37. The zero-order valence-corrected chi connectivity index (χ0v) is 24.7. The number of anilines is 1. The van der Waals surface area contributed by atoms with Gasteiger partial charge in [-0.15, -0.1) is 0 Å². The average Bonchev–Trinajstić information content (AvgIpc) is 3.56. The van der Waals surface area contributed by atoms with E-state index < -0.39 is 59.5 Å². The quantitative estimate of drug-likeness (QED) is 0.379. The van der Waals surface area contributed by atoms with Gasteiger partial charge in [0.2, 0.25) is 11.8 Å². The van der Waals surface area contributed by atoms with Gasteiger partial charge in [0, 0.05) is 23.1 Å². The third-order valence-electron chi connectivity index (χ3n) is 8.16. The summed E-state index contributed by atoms with van der Waals surface area (Å²) >= 11 is 3.51. The van der Waals surface area contributed by atoms with Crippen molar-refractivity contribution >= 4 is 45.3 Å². The number of esters is 1. The number of likely N-dealkylation sites (tertiary alicyclic amines) is 1. The number of carbonyl (C=O) groups is 4. The molecule has 1 aromatic rings. The van der Waals surface area contributed by atoms with Crippen molar-refractivity contribution in [3.05, 3.63) is 47.0 Å². The molecule has 4 heterocycles. The number of aliphatic hydroxyl groups is 1. The molecule has 7 atom stereocenters. The van der Waals surface area contributed by atoms with E-state index in [1.165, 1.54) is 9.80 Å². The van der Waals surface area contributed by atoms with E-state index in [0.29, 0.717) is 22.3 Å². The van der Waals surface area contributed by atoms with Crippen LogP contribution >= 0.6 is 15.9 Å². The number of rotatable bonds is 4. The van der Waals surface area contributed by atoms with Crippen LogP contribution in [0.15, 0.2) is 47.0 Å². The van der Waals surface area contributed by atoms with Crippen LogP contribution in [0, 0.1) is 11.8 Å². The first-order valence-corrected chi connectivity index (χ1v) is 14.5. The van der Waals surface area contributed by atoms with Gasteiger partial charge in [0.25, 0.3) is 5.91 Å². The van der Waals surface area contributed by atoms with E-state index in [9.17, 15) is 24.3 Å². The summed E-state index contributed by atoms with van der Waals surface area (Å²) in [7, 11) is 1.55. The predicted octanol–water partition coefficient (Wildman–Crippen LogP) is 1.68. The van der Waals surface area contributed by atoms with Crippen molar-refractivity contribution in [3.8, 4) is 5.75 Å². The van der Waals surface area contributed by atoms with Gasteiger partial charge in [-0.25, -0.2) is 0 Å². The van der Waals surface area contributed by atoms with Gasteiger partial charge in [0.05, 0.1) is 32.2 Å². The fourth-order valence-electron chi connectivity index (χ4n) is 6.18. The highest BCUT2D eigenvalue weighted by atomic mass is 79.9. The molecule has 0 aliphatic carbocycles. The maximum absolute atomic E-state index is 14.6. The molecular formula is C29H34BrN3O8. The van der Waals surface area contributed by atoms with Crippen LogP contribution in [-0.4, -0.2) is 90.4 Å². The van der Waals surface area contributed by atoms with Gasteiger partial charge in [-0.3, -0.25) is 19.2 Å². The van der Waals surface area contributed by atoms with Crippen LogP contribution in [-0.2, 0) is 28.7 Å². The number of cyclic esters (lactones) is 1. The first-order chi connectivity index (χ1) is 19.6. The highest BCUT2D eigenvalue weighted by Crippen LogP contribution is 2.59. The highest BCUT2D eigenvalue weighted by Gasteiger charge is 2.75. The second kappa shape index (κ2) is 11.6. The molecule has 5 rings (SSSR count). The van der Waals surface area contributed by atoms with Crippen LogP contribution in [0.25, 0.3) is 0 Å². The topological polar surface area (TPSA) is 135 Å². The molecule has 0 aromatic heterocycles. The van der Waals surface area contributed by atoms with E-state index in [-0.39, 0.29) is 32.0 Å². The van der Waals surface area contributed by atoms with Crippen molar-refractivity contribution in [2.24, 2.45) is 11.8 Å². The Morgan fingerprint density at radius 2 is 1.90 bits per heavy atom. The second-order valence-corrected chi connectivity index (χ2v) is 11.7. The van der Waals surface area contributed by atoms with E-state index in [1.807, 2.05) is 6.08 Å². The Hall–Kier alpha value is -3.22. The number of amides is 3. The number of ether oxygens (including phenoxy) is 3. The average molecular weight is 633 g/mol. The van der Waals surface area contributed by atoms with Crippen LogP contribution in [0.2, 0.25) is 0 Å². The zero-order valence-electron chi connectivity index (χ0n) is 23.1. The van der Waals surface area contributed by atoms with E-state index in [4.69, 9.17) is 14.2 Å². The minimum absolute atomic E-state index is 0.118. The third kappa shape index (κ3) is 5.06. The molecule has 1 spiro atoms. The summed E-state index contributed by atoms with van der Waals surface area (Å²) in [6.45, 7) is 3.20. The number of allylic oxidation sites excluding steroid dienone is 1. The predicted molar refractivity (Wildman–Crippen MR) is 151 cm³/mol. The first kappa shape index (κ1) is 29.3. The van der Waals surface area contributed by atoms with Crippen molar-refractivity contribution in [2.75, 3.05) is 31.7 Å². The largest absolute Gasteiger partial charge is 0.497 e. The minimum Gasteiger partial charge on any atom is -0.497 e. The maximum Gasteiger partial charge on any atom is 0.313 e. The van der Waals surface area contributed by atoms with Crippen LogP contribution < -0.4 is 15.0 Å². The number of hydrogen-bond acceptors (Lipinski definition) is 8. The summed E-state index contributed by atoms with van der Waals surface area (Å²) in [6.07, 6.45) is 4.55. The van der Waals surface area contributed by atoms with Crippen LogP contribution in [0.4, 0.5) is 5.69 Å². The van der Waals surface area contributed by atoms with Gasteiger partial charge in [0.1, 0.15) is 35.5 Å². The summed E-state index contributed by atoms with van der Waals surface area (Å²) in [6, 6.07) is 5.06. The Balaban J connectivity index is 1.63. The van der Waals surface area contributed by atoms with Crippen molar-refractivity contribution in [2.45, 2.75) is 56.6 Å². The summed E-state index contributed by atoms with van der Waals surface area (Å²) < 4.78 is 18.0. The molecule has 0 unspecified atom stereocenters. The molecule has 4 aliphatic rings. The molecule has 2 fully saturated rings. The molecule has 220 valence electrons. The molecule has 12 heteroatoms. The first-order valence-electron chi connectivity index (χ1n) is 13.7. The summed E-state index contributed by atoms with van der Waals surface area (Å²) in [5, 5.41) is 12.9. The standard InChI is InChI=1S/C29H34BrN3O8/c1-16(15-34)33-25-27(37)32(18-8-10-19(39-3)11-9-18)12-6-4-5-7-21(35)31-14-17(2)40-28(38)22-23(26(33)36)29(25)13-20(30)24(22)41-29/h4,6,8-11,13,16-17,22-25,34H,5,7,12,14-15H2,1-3H3,(H,31,35)/b6-4-/t16-,17+,22-,23+,24-,25-,29+/m1/s1. The highest BCUT2D eigenvalue weighted by molar-refractivity contribution is 9.11. The lowest BCUT2D eigenvalue weighted by Crippen LogP contribution is -2.58. The molecule has 0 saturated carbocycles. The SMILES string of the molecule is COc1ccc(N2C/C=C\CCC(=O)NC[C@H](C)OC(=O)[C@H]3[C@@H]4O[C@@]5(C=C4Br)[C@@H]3C(=O)N([C@H](C)CO)[C@@H]5C2=O)cc1. The van der Waals surface area contributed by atoms with Crippen LogP contribution in [0.5, 0.6) is 5.75 Å². The summed E-state index contributed by atoms with van der Waals surface area (Å²) in [5.41, 5.74) is -0.898. The number of halogens is 1. The number of aliphatic hydroxyl groups excluding tert-OH is 1. The molecule has 2 saturated heterocycles. The minimum atomic E-state index is -1.45. The van der Waals surface area contributed by atoms with Crippen LogP contribution in [0.1, 0.15) is 26.7 Å². The van der Waals surface area contributed by atoms with Crippen molar-refractivity contribution in [1.82, 2.24) is 10.2 Å². The third-order valence-corrected chi connectivity index (χ3v) is 8.84. The van der Waals surface area contributed by atoms with Gasteiger partial charge in [-0.1, -0.05) is 28.1 Å². The Morgan fingerprint density at radius 1 is 1.17 bits per heavy atom. The van der Waals surface area contributed by atoms with Gasteiger partial charge in [-0.2, -0.15) is 0 Å². The van der Waals surface area contributed by atoms with Crippen molar-refractivity contribution < 1.29 is 38.5 Å². The molecule has 4 aliphatic heterocycles. The fraction of sp³-hybridized carbons (Fsp3) is 0.517. The number of nitrogens with zero attached hydrogens (tertiary/aromatic N) is 2. The molecule has 2 N–H and O–H groups in total.